The lowest BCUT2D eigenvalue weighted by molar-refractivity contribution is -0.675. The fourth-order valence-corrected chi connectivity index (χ4v) is 6.32. The molecule has 0 radical (unpaired) electrons. The third kappa shape index (κ3) is 4.98. The van der Waals surface area contributed by atoms with Gasteiger partial charge in [-0.2, -0.15) is 4.57 Å². The molecule has 1 fully saturated rings. The summed E-state index contributed by atoms with van der Waals surface area (Å²) >= 11 is 0. The van der Waals surface area contributed by atoms with Crippen LogP contribution in [0.4, 0.5) is 0 Å². The van der Waals surface area contributed by atoms with Gasteiger partial charge in [0.25, 0.3) is 0 Å². The first-order chi connectivity index (χ1) is 14.6. The molecule has 0 aliphatic carbocycles. The molecule has 0 saturated carbocycles. The number of rotatable bonds is 8. The van der Waals surface area contributed by atoms with Gasteiger partial charge in [-0.05, 0) is 24.1 Å². The molecule has 1 amide bonds. The molecule has 7 nitrogen and oxygen atoms in total. The summed E-state index contributed by atoms with van der Waals surface area (Å²) in [4.78, 5) is 30.2. The number of amides is 1. The van der Waals surface area contributed by atoms with Crippen molar-refractivity contribution < 1.29 is 47.6 Å². The molecular weight excluding hydrogens is 529 g/mol. The summed E-state index contributed by atoms with van der Waals surface area (Å²) < 4.78 is 12.8. The number of allylic oxidation sites excluding steroid dienone is 1. The summed E-state index contributed by atoms with van der Waals surface area (Å²) in [6.45, 7) is 3.98. The zero-order chi connectivity index (χ0) is 21.1. The number of carbonyl (C=O) groups is 2. The van der Waals surface area contributed by atoms with Crippen LogP contribution in [-0.2, 0) is 37.7 Å². The highest BCUT2D eigenvalue weighted by atomic mass is 127. The normalized spacial score (nSPS) is 19.8. The Labute approximate surface area is 201 Å². The first-order valence-corrected chi connectivity index (χ1v) is 11.4. The van der Waals surface area contributed by atoms with Crippen molar-refractivity contribution in [3.63, 3.8) is 0 Å². The second-order valence-electron chi connectivity index (χ2n) is 7.23. The fourth-order valence-electron chi connectivity index (χ4n) is 3.72. The number of esters is 1. The van der Waals surface area contributed by atoms with Gasteiger partial charge in [-0.25, -0.2) is 4.79 Å². The number of hydrogen-bond donors (Lipinski definition) is 1. The van der Waals surface area contributed by atoms with Crippen LogP contribution in [0.15, 0.2) is 66.9 Å². The lowest BCUT2D eigenvalue weighted by Crippen LogP contribution is -3.00. The molecule has 31 heavy (non-hydrogen) atoms. The second kappa shape index (κ2) is 10.4. The van der Waals surface area contributed by atoms with Crippen LogP contribution in [0.5, 0.6) is 5.75 Å². The van der Waals surface area contributed by atoms with Crippen LogP contribution in [0, 0.1) is 0 Å². The number of carbonyl (C=O) groups excluding carboxylic acids is 2. The van der Waals surface area contributed by atoms with Crippen molar-refractivity contribution in [1.29, 1.82) is 0 Å². The minimum absolute atomic E-state index is 0. The van der Waals surface area contributed by atoms with Gasteiger partial charge in [0, 0.05) is 5.57 Å². The SMILES string of the molecule is C=CCC1=C(C(=O)OCc2ccc(OC)cc2)N2C(=O)C[C@H]2[S+](C[n+]2cc[nH]c2)C1.[I-]. The Bertz CT molecular complexity index is 975. The standard InChI is InChI=1S/C22H24N3O4S.HI/c1-3-4-17-13-30(15-24-10-9-23-14-24)20-11-19(26)25(20)21(17)22(27)29-12-16-5-7-18(28-2)8-6-16;/h3,5-10,14,20H,1,4,11-13,15H2,2H3;1H/q+1;/t20-,30?;/m1./s1. The average molecular weight is 554 g/mol. The molecule has 164 valence electrons. The predicted octanol–water partition coefficient (Wildman–Crippen LogP) is -0.964. The summed E-state index contributed by atoms with van der Waals surface area (Å²) in [5, 5.41) is 0.0528. The zero-order valence-corrected chi connectivity index (χ0v) is 20.2. The van der Waals surface area contributed by atoms with Gasteiger partial charge >= 0.3 is 5.97 Å². The Balaban J connectivity index is 0.00000272. The van der Waals surface area contributed by atoms with E-state index in [9.17, 15) is 9.59 Å². The number of β-lactam (4-membered cyclic amide) rings is 1. The van der Waals surface area contributed by atoms with E-state index in [0.717, 1.165) is 28.5 Å². The molecule has 1 aromatic carbocycles. The van der Waals surface area contributed by atoms with Crippen LogP contribution in [-0.4, -0.2) is 40.0 Å². The quantitative estimate of drug-likeness (QED) is 0.114. The smallest absolute Gasteiger partial charge is 0.355 e. The van der Waals surface area contributed by atoms with Crippen LogP contribution in [0.1, 0.15) is 18.4 Å². The molecule has 2 aromatic rings. The maximum absolute atomic E-state index is 13.0. The molecule has 1 aromatic heterocycles. The van der Waals surface area contributed by atoms with E-state index in [0.29, 0.717) is 18.5 Å². The number of ether oxygens (including phenoxy) is 2. The summed E-state index contributed by atoms with van der Waals surface area (Å²) in [5.41, 5.74) is 2.20. The number of nitrogens with one attached hydrogen (secondary N) is 1. The van der Waals surface area contributed by atoms with Gasteiger partial charge in [0.2, 0.25) is 23.5 Å². The Hall–Kier alpha value is -2.27. The summed E-state index contributed by atoms with van der Waals surface area (Å²) in [6, 6.07) is 7.36. The molecule has 2 aliphatic heterocycles. The van der Waals surface area contributed by atoms with Crippen molar-refractivity contribution >= 4 is 22.8 Å². The number of methoxy groups -OCH3 is 1. The molecule has 4 rings (SSSR count). The van der Waals surface area contributed by atoms with E-state index in [-0.39, 0.29) is 52.8 Å². The summed E-state index contributed by atoms with van der Waals surface area (Å²) in [6.07, 6.45) is 8.58. The first-order valence-electron chi connectivity index (χ1n) is 9.74. The van der Waals surface area contributed by atoms with E-state index in [4.69, 9.17) is 9.47 Å². The van der Waals surface area contributed by atoms with E-state index in [1.807, 2.05) is 43.0 Å². The molecule has 1 unspecified atom stereocenters. The minimum atomic E-state index is -0.446. The topological polar surface area (TPSA) is 75.5 Å². The number of nitrogens with zero attached hydrogens (tertiary/aromatic N) is 2. The first kappa shape index (κ1) is 23.4. The zero-order valence-electron chi connectivity index (χ0n) is 17.3. The molecule has 2 aliphatic rings. The van der Waals surface area contributed by atoms with Crippen molar-refractivity contribution in [3.8, 4) is 5.75 Å². The third-order valence-corrected chi connectivity index (χ3v) is 7.75. The van der Waals surface area contributed by atoms with E-state index in [2.05, 4.69) is 16.1 Å². The summed E-state index contributed by atoms with van der Waals surface area (Å²) in [5.74, 6) is 1.86. The van der Waals surface area contributed by atoms with Crippen LogP contribution in [0.2, 0.25) is 0 Å². The lowest BCUT2D eigenvalue weighted by Gasteiger charge is -2.42. The molecule has 3 heterocycles. The molecular formula is C22H25IN3O4S+. The molecule has 1 N–H and O–H groups in total. The number of aromatic amines is 1. The van der Waals surface area contributed by atoms with Crippen LogP contribution in [0.25, 0.3) is 0 Å². The number of aromatic nitrogens is 2. The number of imidazole rings is 1. The van der Waals surface area contributed by atoms with Gasteiger partial charge in [0.15, 0.2) is 0 Å². The van der Waals surface area contributed by atoms with E-state index >= 15 is 0 Å². The van der Waals surface area contributed by atoms with Gasteiger partial charge in [-0.3, -0.25) is 14.7 Å². The number of benzene rings is 1. The van der Waals surface area contributed by atoms with Crippen molar-refractivity contribution in [2.45, 2.75) is 30.7 Å². The van der Waals surface area contributed by atoms with Gasteiger partial charge in [-0.15, -0.1) is 6.58 Å². The highest BCUT2D eigenvalue weighted by Crippen LogP contribution is 2.39. The van der Waals surface area contributed by atoms with Gasteiger partial charge in [-0.1, -0.05) is 18.2 Å². The molecule has 9 heteroatoms. The Morgan fingerprint density at radius 3 is 2.77 bits per heavy atom. The van der Waals surface area contributed by atoms with Gasteiger partial charge in [0.05, 0.1) is 24.4 Å². The van der Waals surface area contributed by atoms with Crippen LogP contribution >= 0.6 is 0 Å². The van der Waals surface area contributed by atoms with Gasteiger partial charge in [0.1, 0.15) is 36.2 Å². The minimum Gasteiger partial charge on any atom is -1.00 e. The van der Waals surface area contributed by atoms with Crippen molar-refractivity contribution in [2.24, 2.45) is 0 Å². The van der Waals surface area contributed by atoms with E-state index in [1.165, 1.54) is 0 Å². The largest absolute Gasteiger partial charge is 1.00 e. The third-order valence-electron chi connectivity index (χ3n) is 5.26. The fraction of sp³-hybridized carbons (Fsp3) is 0.318. The second-order valence-corrected chi connectivity index (χ2v) is 9.39. The number of halogens is 1. The maximum atomic E-state index is 13.0. The van der Waals surface area contributed by atoms with Crippen LogP contribution in [0.3, 0.4) is 0 Å². The lowest BCUT2D eigenvalue weighted by atomic mass is 10.1. The summed E-state index contributed by atoms with van der Waals surface area (Å²) in [7, 11) is 1.53. The molecule has 1 saturated heterocycles. The maximum Gasteiger partial charge on any atom is 0.355 e. The van der Waals surface area contributed by atoms with Crippen molar-refractivity contribution in [1.82, 2.24) is 9.88 Å². The molecule has 2 atom stereocenters. The van der Waals surface area contributed by atoms with Crippen LogP contribution < -0.4 is 33.3 Å². The Morgan fingerprint density at radius 1 is 1.39 bits per heavy atom. The van der Waals surface area contributed by atoms with E-state index < -0.39 is 5.97 Å². The average Bonchev–Trinajstić information content (AvgIpc) is 3.26. The van der Waals surface area contributed by atoms with Gasteiger partial charge < -0.3 is 33.5 Å². The highest BCUT2D eigenvalue weighted by Gasteiger charge is 2.56. The number of fused-ring (bicyclic) bond motifs is 1. The Kier molecular flexibility index (Phi) is 7.82. The van der Waals surface area contributed by atoms with E-state index in [1.54, 1.807) is 18.1 Å². The number of hydrogen-bond acceptors (Lipinski definition) is 4. The molecule has 0 bridgehead atoms. The Morgan fingerprint density at radius 2 is 2.16 bits per heavy atom. The van der Waals surface area contributed by atoms with Crippen molar-refractivity contribution in [2.75, 3.05) is 12.9 Å². The highest BCUT2D eigenvalue weighted by molar-refractivity contribution is 7.96. The van der Waals surface area contributed by atoms with Crippen molar-refractivity contribution in [3.05, 3.63) is 72.5 Å². The predicted molar refractivity (Wildman–Crippen MR) is 113 cm³/mol. The number of H-pyrrole nitrogens is 1. The monoisotopic (exact) mass is 554 g/mol. The molecule has 0 spiro atoms.